The number of aliphatic carboxylic acids is 1. The van der Waals surface area contributed by atoms with Crippen molar-refractivity contribution in [1.82, 2.24) is 0 Å². The van der Waals surface area contributed by atoms with Crippen molar-refractivity contribution in [2.24, 2.45) is 5.92 Å². The molecule has 0 rings (SSSR count). The molecule has 0 radical (unpaired) electrons. The number of carboxylic acids is 1. The van der Waals surface area contributed by atoms with Gasteiger partial charge in [-0.1, -0.05) is 34.3 Å². The molecule has 0 amide bonds. The van der Waals surface area contributed by atoms with Gasteiger partial charge in [-0.25, -0.2) is 0 Å². The van der Waals surface area contributed by atoms with Crippen LogP contribution >= 0.6 is 0 Å². The highest BCUT2D eigenvalue weighted by atomic mass is 16.5. The summed E-state index contributed by atoms with van der Waals surface area (Å²) >= 11 is 0. The number of ether oxygens (including phenoxy) is 1. The molecule has 0 aliphatic rings. The lowest BCUT2D eigenvalue weighted by Gasteiger charge is -1.96. The molecule has 1 N–H and O–H groups in total. The minimum absolute atomic E-state index is 0.181. The molecular weight excluding hydrogens is 196 g/mol. The maximum absolute atomic E-state index is 9.93. The fraction of sp³-hybridized carbons (Fsp3) is 0.636. The van der Waals surface area contributed by atoms with Gasteiger partial charge in [-0.2, -0.15) is 0 Å². The highest BCUT2D eigenvalue weighted by molar-refractivity contribution is 5.69. The zero-order valence-electron chi connectivity index (χ0n) is 10.2. The summed E-state index contributed by atoms with van der Waals surface area (Å²) < 4.78 is 4.17. The van der Waals surface area contributed by atoms with Crippen LogP contribution in [0.4, 0.5) is 0 Å². The zero-order chi connectivity index (χ0) is 12.9. The van der Waals surface area contributed by atoms with Crippen molar-refractivity contribution in [2.75, 3.05) is 0 Å². The van der Waals surface area contributed by atoms with Gasteiger partial charge >= 0.3 is 11.9 Å². The van der Waals surface area contributed by atoms with E-state index < -0.39 is 5.97 Å². The Labute approximate surface area is 91.9 Å². The lowest BCUT2D eigenvalue weighted by atomic mass is 10.1. The van der Waals surface area contributed by atoms with Crippen LogP contribution in [0.25, 0.3) is 0 Å². The summed E-state index contributed by atoms with van der Waals surface area (Å²) in [5.74, 6) is -1.22. The second-order valence-corrected chi connectivity index (χ2v) is 2.42. The lowest BCUT2D eigenvalue weighted by Crippen LogP contribution is -2.06. The summed E-state index contributed by atoms with van der Waals surface area (Å²) in [6.45, 7) is 12.0. The van der Waals surface area contributed by atoms with Crippen LogP contribution in [0, 0.1) is 5.92 Å². The van der Waals surface area contributed by atoms with Gasteiger partial charge in [0.05, 0.1) is 12.2 Å². The van der Waals surface area contributed by atoms with E-state index in [9.17, 15) is 9.59 Å². The molecule has 1 atom stereocenters. The molecule has 0 aromatic rings. The molecule has 0 aromatic carbocycles. The molecule has 4 nitrogen and oxygen atoms in total. The van der Waals surface area contributed by atoms with Crippen molar-refractivity contribution in [1.29, 1.82) is 0 Å². The monoisotopic (exact) mass is 218 g/mol. The number of rotatable bonds is 3. The summed E-state index contributed by atoms with van der Waals surface area (Å²) in [6.07, 6.45) is 1.82. The highest BCUT2D eigenvalue weighted by Gasteiger charge is 2.05. The van der Waals surface area contributed by atoms with E-state index >= 15 is 0 Å². The van der Waals surface area contributed by atoms with Crippen molar-refractivity contribution in [3.63, 3.8) is 0 Å². The maximum Gasteiger partial charge on any atom is 0.307 e. The fourth-order valence-corrected chi connectivity index (χ4v) is 0.292. The highest BCUT2D eigenvalue weighted by Crippen LogP contribution is 1.97. The molecule has 4 heteroatoms. The normalized spacial score (nSPS) is 9.40. The zero-order valence-corrected chi connectivity index (χ0v) is 10.2. The summed E-state index contributed by atoms with van der Waals surface area (Å²) in [5, 5.41) is 8.18. The Morgan fingerprint density at radius 3 is 1.87 bits per heavy atom. The summed E-state index contributed by atoms with van der Waals surface area (Å²) in [4.78, 5) is 19.7. The van der Waals surface area contributed by atoms with Crippen molar-refractivity contribution >= 4 is 11.9 Å². The van der Waals surface area contributed by atoms with Crippen molar-refractivity contribution in [2.45, 2.75) is 41.0 Å². The van der Waals surface area contributed by atoms with E-state index in [1.807, 2.05) is 20.8 Å². The van der Waals surface area contributed by atoms with Crippen LogP contribution in [0.3, 0.4) is 0 Å². The standard InChI is InChI=1S/C5H10O2.C4H6O2.C2H6/c1-3-4(2)5(6)7;1-3-6-4(2)5;1-2/h4H,3H2,1-2H3,(H,6,7);3H,1H2,2H3;1-2H3. The first-order valence-electron chi connectivity index (χ1n) is 4.96. The first kappa shape index (κ1) is 19.3. The Bertz CT molecular complexity index is 175. The predicted molar refractivity (Wildman–Crippen MR) is 60.4 cm³/mol. The minimum Gasteiger partial charge on any atom is -0.481 e. The second kappa shape index (κ2) is 15.2. The Kier molecular flexibility index (Phi) is 19.5. The van der Waals surface area contributed by atoms with Gasteiger partial charge in [0.25, 0.3) is 0 Å². The smallest absolute Gasteiger partial charge is 0.307 e. The van der Waals surface area contributed by atoms with E-state index in [2.05, 4.69) is 11.3 Å². The maximum atomic E-state index is 9.93. The lowest BCUT2D eigenvalue weighted by molar-refractivity contribution is -0.141. The van der Waals surface area contributed by atoms with Crippen LogP contribution < -0.4 is 0 Å². The third-order valence-corrected chi connectivity index (χ3v) is 1.28. The molecule has 0 saturated carbocycles. The third kappa shape index (κ3) is 24.5. The Hall–Kier alpha value is -1.32. The van der Waals surface area contributed by atoms with Crippen LogP contribution in [0.1, 0.15) is 41.0 Å². The van der Waals surface area contributed by atoms with E-state index in [0.29, 0.717) is 0 Å². The number of carboxylic acid groups (broad SMARTS) is 1. The first-order valence-corrected chi connectivity index (χ1v) is 4.96. The largest absolute Gasteiger partial charge is 0.481 e. The minimum atomic E-state index is -0.706. The summed E-state index contributed by atoms with van der Waals surface area (Å²) in [5.41, 5.74) is 0. The molecule has 0 aliphatic heterocycles. The van der Waals surface area contributed by atoms with Crippen molar-refractivity contribution in [3.05, 3.63) is 12.8 Å². The second-order valence-electron chi connectivity index (χ2n) is 2.42. The van der Waals surface area contributed by atoms with Crippen LogP contribution in [0.2, 0.25) is 0 Å². The average Bonchev–Trinajstić information content (AvgIpc) is 2.20. The SMILES string of the molecule is C=COC(C)=O.CC.CCC(C)C(=O)O. The van der Waals surface area contributed by atoms with E-state index in [1.54, 1.807) is 6.92 Å². The van der Waals surface area contributed by atoms with Gasteiger partial charge in [-0.3, -0.25) is 9.59 Å². The quantitative estimate of drug-likeness (QED) is 0.584. The van der Waals surface area contributed by atoms with Crippen LogP contribution in [-0.2, 0) is 14.3 Å². The molecule has 0 fully saturated rings. The van der Waals surface area contributed by atoms with Crippen molar-refractivity contribution in [3.8, 4) is 0 Å². The van der Waals surface area contributed by atoms with Gasteiger partial charge in [-0.05, 0) is 6.42 Å². The van der Waals surface area contributed by atoms with E-state index in [-0.39, 0.29) is 11.9 Å². The van der Waals surface area contributed by atoms with Gasteiger partial charge in [0.2, 0.25) is 0 Å². The van der Waals surface area contributed by atoms with Crippen LogP contribution in [-0.4, -0.2) is 17.0 Å². The van der Waals surface area contributed by atoms with E-state index in [1.165, 1.54) is 6.92 Å². The topological polar surface area (TPSA) is 63.6 Å². The molecule has 0 aromatic heterocycles. The molecule has 0 heterocycles. The number of esters is 1. The Morgan fingerprint density at radius 2 is 1.87 bits per heavy atom. The first-order chi connectivity index (χ1) is 6.95. The molecule has 15 heavy (non-hydrogen) atoms. The van der Waals surface area contributed by atoms with Crippen LogP contribution in [0.15, 0.2) is 12.8 Å². The summed E-state index contributed by atoms with van der Waals surface area (Å²) in [7, 11) is 0. The van der Waals surface area contributed by atoms with Gasteiger partial charge in [0, 0.05) is 6.92 Å². The molecule has 0 bridgehead atoms. The van der Waals surface area contributed by atoms with Crippen LogP contribution in [0.5, 0.6) is 0 Å². The third-order valence-electron chi connectivity index (χ3n) is 1.28. The fourth-order valence-electron chi connectivity index (χ4n) is 0.292. The predicted octanol–water partition coefficient (Wildman–Crippen LogP) is 2.84. The number of hydrogen-bond donors (Lipinski definition) is 1. The Balaban J connectivity index is -0.000000166. The average molecular weight is 218 g/mol. The number of hydrogen-bond acceptors (Lipinski definition) is 3. The molecular formula is C11H22O4. The molecule has 90 valence electrons. The Morgan fingerprint density at radius 1 is 1.47 bits per heavy atom. The molecule has 1 unspecified atom stereocenters. The van der Waals surface area contributed by atoms with Gasteiger partial charge in [0.15, 0.2) is 0 Å². The van der Waals surface area contributed by atoms with Gasteiger partial charge in [-0.15, -0.1) is 0 Å². The van der Waals surface area contributed by atoms with Crippen molar-refractivity contribution < 1.29 is 19.4 Å². The van der Waals surface area contributed by atoms with E-state index in [4.69, 9.17) is 5.11 Å². The van der Waals surface area contributed by atoms with Gasteiger partial charge < -0.3 is 9.84 Å². The van der Waals surface area contributed by atoms with Gasteiger partial charge in [0.1, 0.15) is 0 Å². The summed E-state index contributed by atoms with van der Waals surface area (Å²) in [6, 6.07) is 0. The van der Waals surface area contributed by atoms with E-state index in [0.717, 1.165) is 12.7 Å². The number of carbonyl (C=O) groups excluding carboxylic acids is 1. The number of carbonyl (C=O) groups is 2. The molecule has 0 aliphatic carbocycles. The molecule has 0 saturated heterocycles. The molecule has 0 spiro atoms.